The van der Waals surface area contributed by atoms with Crippen molar-refractivity contribution in [2.75, 3.05) is 0 Å². The fourth-order valence-electron chi connectivity index (χ4n) is 2.70. The van der Waals surface area contributed by atoms with Crippen LogP contribution in [0.25, 0.3) is 0 Å². The molecule has 0 aliphatic carbocycles. The van der Waals surface area contributed by atoms with Gasteiger partial charge in [0.1, 0.15) is 0 Å². The van der Waals surface area contributed by atoms with Crippen LogP contribution in [-0.4, -0.2) is 87.5 Å². The molecule has 0 aromatic heterocycles. The molecular formula is C16H8N8O8. The van der Waals surface area contributed by atoms with E-state index in [0.717, 1.165) is 0 Å². The first-order valence-corrected chi connectivity index (χ1v) is 8.37. The molecule has 0 amide bonds. The van der Waals surface area contributed by atoms with Gasteiger partial charge in [0.05, 0.1) is 0 Å². The van der Waals surface area contributed by atoms with E-state index in [1.165, 1.54) is 0 Å². The van der Waals surface area contributed by atoms with Gasteiger partial charge >= 0.3 is 0 Å². The maximum Gasteiger partial charge on any atom is 0.207 e. The number of hydrogen-bond acceptors (Lipinski definition) is 16. The van der Waals surface area contributed by atoms with Crippen LogP contribution in [0.15, 0.2) is 86.0 Å². The Kier molecular flexibility index (Phi) is 3.58. The quantitative estimate of drug-likeness (QED) is 0.263. The molecule has 16 nitrogen and oxygen atoms in total. The third-order valence-electron chi connectivity index (χ3n) is 4.29. The van der Waals surface area contributed by atoms with Crippen molar-refractivity contribution in [2.24, 2.45) is 39.9 Å². The lowest BCUT2D eigenvalue weighted by Gasteiger charge is -1.95. The summed E-state index contributed by atoms with van der Waals surface area (Å²) in [5.41, 5.74) is 0. The van der Waals surface area contributed by atoms with Crippen LogP contribution in [-0.2, 0) is 0 Å². The first-order valence-electron chi connectivity index (χ1n) is 8.37. The molecule has 0 aromatic rings. The maximum absolute atomic E-state index is 10.1. The van der Waals surface area contributed by atoms with Crippen LogP contribution in [0, 0.1) is 0 Å². The number of aliphatic imine (C=N–C) groups is 8. The lowest BCUT2D eigenvalue weighted by molar-refractivity contribution is 0.366. The second-order valence-corrected chi connectivity index (χ2v) is 6.27. The molecule has 0 atom stereocenters. The largest absolute Gasteiger partial charge is 0.502 e. The molecule has 5 aliphatic heterocycles. The van der Waals surface area contributed by atoms with Crippen LogP contribution in [0.5, 0.6) is 0 Å². The highest BCUT2D eigenvalue weighted by atomic mass is 16.3. The number of rotatable bonds is 0. The molecule has 0 radical (unpaired) electrons. The topological polar surface area (TPSA) is 261 Å². The highest BCUT2D eigenvalue weighted by Gasteiger charge is 2.34. The van der Waals surface area contributed by atoms with E-state index in [1.54, 1.807) is 0 Å². The Hall–Kier alpha value is -5.28. The standard InChI is InChI=1S/C16H8N8O8/c25-1-2(26)10-17-9(1)21-11-3(27)4(28)13(18-11)23-15-7(31)8(32)16(20-15)24-14-6(30)5(29)12(19-14)22-10/h25-32H/b21-9-,21-11?,22-10?,22-12-,23-13-,23-15?,24-14?,24-16-. The third-order valence-corrected chi connectivity index (χ3v) is 4.29. The van der Waals surface area contributed by atoms with E-state index < -0.39 is 92.8 Å². The van der Waals surface area contributed by atoms with E-state index in [0.29, 0.717) is 0 Å². The number of hydrogen-bond donors (Lipinski definition) is 8. The molecule has 0 spiro atoms. The maximum atomic E-state index is 10.1. The first-order chi connectivity index (χ1) is 15.2. The molecule has 5 rings (SSSR count). The van der Waals surface area contributed by atoms with Gasteiger partial charge in [-0.25, -0.2) is 39.9 Å². The normalized spacial score (nSPS) is 29.0. The van der Waals surface area contributed by atoms with Gasteiger partial charge in [0.25, 0.3) is 0 Å². The molecular weight excluding hydrogens is 432 g/mol. The van der Waals surface area contributed by atoms with Crippen LogP contribution in [0.4, 0.5) is 0 Å². The minimum atomic E-state index is -0.877. The number of aliphatic hydroxyl groups excluding tert-OH is 8. The molecule has 32 heavy (non-hydrogen) atoms. The summed E-state index contributed by atoms with van der Waals surface area (Å²) in [6.45, 7) is 0. The van der Waals surface area contributed by atoms with E-state index in [2.05, 4.69) is 39.9 Å². The van der Waals surface area contributed by atoms with Crippen LogP contribution in [0.3, 0.4) is 0 Å². The predicted molar refractivity (Wildman–Crippen MR) is 109 cm³/mol. The van der Waals surface area contributed by atoms with Crippen molar-refractivity contribution >= 4 is 46.7 Å². The average Bonchev–Trinajstić information content (AvgIpc) is 3.37. The second kappa shape index (κ2) is 6.11. The van der Waals surface area contributed by atoms with Gasteiger partial charge in [-0.05, 0) is 0 Å². The van der Waals surface area contributed by atoms with E-state index in [4.69, 9.17) is 0 Å². The predicted octanol–water partition coefficient (Wildman–Crippen LogP) is 0.553. The summed E-state index contributed by atoms with van der Waals surface area (Å²) in [6, 6.07) is 0. The van der Waals surface area contributed by atoms with Gasteiger partial charge in [0.2, 0.25) is 92.8 Å². The molecule has 160 valence electrons. The van der Waals surface area contributed by atoms with Crippen molar-refractivity contribution in [3.8, 4) is 0 Å². The van der Waals surface area contributed by atoms with E-state index in [-0.39, 0.29) is 0 Å². The smallest absolute Gasteiger partial charge is 0.207 e. The van der Waals surface area contributed by atoms with Gasteiger partial charge in [-0.15, -0.1) is 0 Å². The second-order valence-electron chi connectivity index (χ2n) is 6.27. The average molecular weight is 440 g/mol. The Morgan fingerprint density at radius 1 is 0.219 bits per heavy atom. The van der Waals surface area contributed by atoms with Crippen molar-refractivity contribution in [3.63, 3.8) is 0 Å². The SMILES string of the molecule is OC1=C(O)/C2=N/C3=NC(=N\C4=NC(=N\C5=NC(=N\C1=N2)/C(O)=C5O)/C(O)=C4O)/C(O)=C3O. The van der Waals surface area contributed by atoms with Gasteiger partial charge in [-0.2, -0.15) is 0 Å². The fourth-order valence-corrected chi connectivity index (χ4v) is 2.70. The molecule has 0 aromatic carbocycles. The summed E-state index contributed by atoms with van der Waals surface area (Å²) in [4.78, 5) is 29.8. The molecule has 0 unspecified atom stereocenters. The minimum Gasteiger partial charge on any atom is -0.502 e. The van der Waals surface area contributed by atoms with Crippen LogP contribution in [0.1, 0.15) is 0 Å². The third kappa shape index (κ3) is 2.49. The van der Waals surface area contributed by atoms with E-state index >= 15 is 0 Å². The Balaban J connectivity index is 1.79. The van der Waals surface area contributed by atoms with E-state index in [1.807, 2.05) is 0 Å². The van der Waals surface area contributed by atoms with Gasteiger partial charge < -0.3 is 40.9 Å². The van der Waals surface area contributed by atoms with Crippen LogP contribution >= 0.6 is 0 Å². The lowest BCUT2D eigenvalue weighted by atomic mass is 10.3. The summed E-state index contributed by atoms with van der Waals surface area (Å²) in [7, 11) is 0. The summed E-state index contributed by atoms with van der Waals surface area (Å²) in [6.07, 6.45) is 0. The number of fused-ring (bicyclic) bond motifs is 4. The van der Waals surface area contributed by atoms with Gasteiger partial charge in [0.15, 0.2) is 0 Å². The fraction of sp³-hybridized carbons (Fsp3) is 0. The van der Waals surface area contributed by atoms with Gasteiger partial charge in [0, 0.05) is 0 Å². The summed E-state index contributed by atoms with van der Waals surface area (Å²) in [5, 5.41) is 80.5. The monoisotopic (exact) mass is 440 g/mol. The van der Waals surface area contributed by atoms with Gasteiger partial charge in [-0.3, -0.25) is 0 Å². The van der Waals surface area contributed by atoms with Crippen molar-refractivity contribution in [1.29, 1.82) is 0 Å². The summed E-state index contributed by atoms with van der Waals surface area (Å²) >= 11 is 0. The number of nitrogens with zero attached hydrogens (tertiary/aromatic N) is 8. The molecule has 0 saturated heterocycles. The Morgan fingerprint density at radius 3 is 0.406 bits per heavy atom. The van der Waals surface area contributed by atoms with Crippen molar-refractivity contribution in [3.05, 3.63) is 46.1 Å². The van der Waals surface area contributed by atoms with Crippen LogP contribution < -0.4 is 0 Å². The summed E-state index contributed by atoms with van der Waals surface area (Å²) in [5.74, 6) is -11.7. The lowest BCUT2D eigenvalue weighted by Crippen LogP contribution is -2.04. The Morgan fingerprint density at radius 2 is 0.312 bits per heavy atom. The highest BCUT2D eigenvalue weighted by Crippen LogP contribution is 2.24. The van der Waals surface area contributed by atoms with E-state index in [9.17, 15) is 40.9 Å². The zero-order chi connectivity index (χ0) is 22.9. The van der Waals surface area contributed by atoms with Gasteiger partial charge in [-0.1, -0.05) is 0 Å². The molecule has 0 fully saturated rings. The summed E-state index contributed by atoms with van der Waals surface area (Å²) < 4.78 is 0. The number of amidine groups is 8. The van der Waals surface area contributed by atoms with Crippen molar-refractivity contribution in [2.45, 2.75) is 0 Å². The number of aliphatic hydroxyl groups is 8. The molecule has 5 aliphatic rings. The molecule has 8 bridgehead atoms. The molecule has 16 heteroatoms. The highest BCUT2D eigenvalue weighted by molar-refractivity contribution is 6.31. The molecule has 5 heterocycles. The first kappa shape index (κ1) is 18.7. The zero-order valence-electron chi connectivity index (χ0n) is 15.2. The molecule has 8 N–H and O–H groups in total. The van der Waals surface area contributed by atoms with Crippen molar-refractivity contribution in [1.82, 2.24) is 0 Å². The van der Waals surface area contributed by atoms with Crippen LogP contribution in [0.2, 0.25) is 0 Å². The minimum absolute atomic E-state index is 0.581. The van der Waals surface area contributed by atoms with Crippen molar-refractivity contribution < 1.29 is 40.9 Å². The Labute approximate surface area is 174 Å². The zero-order valence-corrected chi connectivity index (χ0v) is 15.2. The Bertz CT molecular complexity index is 1200. The molecule has 0 saturated carbocycles.